The van der Waals surface area contributed by atoms with E-state index >= 15 is 0 Å². The number of anilines is 1. The van der Waals surface area contributed by atoms with Crippen LogP contribution in [0.2, 0.25) is 0 Å². The molecular formula is C17H18N2O3S. The molecule has 6 heteroatoms. The van der Waals surface area contributed by atoms with Gasteiger partial charge in [-0.1, -0.05) is 23.5 Å². The number of amides is 1. The Labute approximate surface area is 138 Å². The van der Waals surface area contributed by atoms with Crippen LogP contribution in [0.5, 0.6) is 11.5 Å². The van der Waals surface area contributed by atoms with E-state index in [0.29, 0.717) is 30.7 Å². The van der Waals surface area contributed by atoms with Crippen LogP contribution < -0.4 is 14.8 Å². The van der Waals surface area contributed by atoms with Crippen molar-refractivity contribution in [2.24, 2.45) is 5.92 Å². The maximum atomic E-state index is 12.1. The molecule has 23 heavy (non-hydrogen) atoms. The molecule has 1 aromatic carbocycles. The molecule has 1 aromatic heterocycles. The Kier molecular flexibility index (Phi) is 3.91. The summed E-state index contributed by atoms with van der Waals surface area (Å²) in [6, 6.07) is 3.84. The Hall–Kier alpha value is -2.08. The number of hydrogen-bond donors (Lipinski definition) is 1. The van der Waals surface area contributed by atoms with Crippen molar-refractivity contribution in [3.63, 3.8) is 0 Å². The van der Waals surface area contributed by atoms with Gasteiger partial charge in [-0.25, -0.2) is 4.98 Å². The van der Waals surface area contributed by atoms with Crippen molar-refractivity contribution >= 4 is 32.6 Å². The summed E-state index contributed by atoms with van der Waals surface area (Å²) in [4.78, 5) is 16.6. The molecular weight excluding hydrogens is 312 g/mol. The smallest absolute Gasteiger partial charge is 0.226 e. The average Bonchev–Trinajstić information content (AvgIpc) is 3.09. The molecule has 2 aliphatic rings. The van der Waals surface area contributed by atoms with Gasteiger partial charge in [-0.05, 0) is 18.8 Å². The Morgan fingerprint density at radius 1 is 1.30 bits per heavy atom. The normalized spacial score (nSPS) is 19.7. The standard InChI is InChI=1S/C17H18N2O3S/c20-16(8-11-4-1-2-5-11)19-17-18-12-9-13-14(10-15(12)23-17)22-7-3-6-21-13/h1,4,9-11H,2-3,5-8H2,(H,18,19,20)/t11-/m1/s1. The van der Waals surface area contributed by atoms with E-state index < -0.39 is 0 Å². The zero-order valence-corrected chi connectivity index (χ0v) is 13.5. The fourth-order valence-corrected chi connectivity index (χ4v) is 3.80. The van der Waals surface area contributed by atoms with Gasteiger partial charge in [-0.2, -0.15) is 0 Å². The summed E-state index contributed by atoms with van der Waals surface area (Å²) in [6.07, 6.45) is 7.81. The minimum absolute atomic E-state index is 0.0228. The molecule has 0 bridgehead atoms. The second-order valence-electron chi connectivity index (χ2n) is 5.85. The van der Waals surface area contributed by atoms with Crippen molar-refractivity contribution in [3.05, 3.63) is 24.3 Å². The minimum atomic E-state index is 0.0228. The van der Waals surface area contributed by atoms with E-state index in [0.717, 1.165) is 41.0 Å². The summed E-state index contributed by atoms with van der Waals surface area (Å²) in [7, 11) is 0. The summed E-state index contributed by atoms with van der Waals surface area (Å²) in [5, 5.41) is 3.55. The number of allylic oxidation sites excluding steroid dienone is 2. The first-order chi connectivity index (χ1) is 11.3. The SMILES string of the molecule is O=C(C[C@@H]1C=CCC1)Nc1nc2cc3c(cc2s1)OCCCO3. The molecule has 4 rings (SSSR count). The highest BCUT2D eigenvalue weighted by Gasteiger charge is 2.17. The molecule has 0 spiro atoms. The molecule has 2 heterocycles. The highest BCUT2D eigenvalue weighted by atomic mass is 32.1. The number of carbonyl (C=O) groups is 1. The van der Waals surface area contributed by atoms with Crippen molar-refractivity contribution in [1.29, 1.82) is 0 Å². The second-order valence-corrected chi connectivity index (χ2v) is 6.88. The van der Waals surface area contributed by atoms with Crippen molar-refractivity contribution in [2.75, 3.05) is 18.5 Å². The Morgan fingerprint density at radius 2 is 2.13 bits per heavy atom. The molecule has 0 unspecified atom stereocenters. The number of nitrogens with zero attached hydrogens (tertiary/aromatic N) is 1. The second kappa shape index (κ2) is 6.20. The van der Waals surface area contributed by atoms with E-state index in [9.17, 15) is 4.79 Å². The molecule has 1 aliphatic heterocycles. The fourth-order valence-electron chi connectivity index (χ4n) is 2.91. The number of aromatic nitrogens is 1. The van der Waals surface area contributed by atoms with E-state index in [1.807, 2.05) is 12.1 Å². The van der Waals surface area contributed by atoms with E-state index in [1.165, 1.54) is 11.3 Å². The molecule has 1 atom stereocenters. The van der Waals surface area contributed by atoms with E-state index in [-0.39, 0.29) is 5.91 Å². The first-order valence-electron chi connectivity index (χ1n) is 7.94. The lowest BCUT2D eigenvalue weighted by Crippen LogP contribution is -2.14. The van der Waals surface area contributed by atoms with Crippen LogP contribution in [0, 0.1) is 5.92 Å². The molecule has 5 nitrogen and oxygen atoms in total. The lowest BCUT2D eigenvalue weighted by Gasteiger charge is -2.06. The number of hydrogen-bond acceptors (Lipinski definition) is 5. The van der Waals surface area contributed by atoms with Gasteiger partial charge in [0.05, 0.1) is 23.4 Å². The molecule has 1 amide bonds. The zero-order valence-electron chi connectivity index (χ0n) is 12.7. The maximum Gasteiger partial charge on any atom is 0.226 e. The van der Waals surface area contributed by atoms with Crippen molar-refractivity contribution in [3.8, 4) is 11.5 Å². The number of ether oxygens (including phenoxy) is 2. The molecule has 0 saturated carbocycles. The van der Waals surface area contributed by atoms with Crippen LogP contribution in [0.25, 0.3) is 10.2 Å². The van der Waals surface area contributed by atoms with Crippen LogP contribution in [0.15, 0.2) is 24.3 Å². The third-order valence-electron chi connectivity index (χ3n) is 4.06. The molecule has 1 N–H and O–H groups in total. The molecule has 1 aliphatic carbocycles. The predicted octanol–water partition coefficient (Wildman–Crippen LogP) is 3.75. The number of rotatable bonds is 3. The molecule has 0 radical (unpaired) electrons. The largest absolute Gasteiger partial charge is 0.490 e. The quantitative estimate of drug-likeness (QED) is 0.871. The third-order valence-corrected chi connectivity index (χ3v) is 5.00. The average molecular weight is 330 g/mol. The van der Waals surface area contributed by atoms with Gasteiger partial charge in [0.1, 0.15) is 0 Å². The van der Waals surface area contributed by atoms with Crippen molar-refractivity contribution in [2.45, 2.75) is 25.7 Å². The molecule has 0 saturated heterocycles. The van der Waals surface area contributed by atoms with Gasteiger partial charge in [0.25, 0.3) is 0 Å². The van der Waals surface area contributed by atoms with Crippen molar-refractivity contribution in [1.82, 2.24) is 4.98 Å². The van der Waals surface area contributed by atoms with Crippen LogP contribution in [-0.2, 0) is 4.79 Å². The van der Waals surface area contributed by atoms with Gasteiger partial charge in [0.15, 0.2) is 16.6 Å². The molecule has 120 valence electrons. The summed E-state index contributed by atoms with van der Waals surface area (Å²) in [5.41, 5.74) is 0.829. The van der Waals surface area contributed by atoms with Gasteiger partial charge < -0.3 is 14.8 Å². The summed E-state index contributed by atoms with van der Waals surface area (Å²) in [6.45, 7) is 1.32. The molecule has 2 aromatic rings. The lowest BCUT2D eigenvalue weighted by atomic mass is 10.1. The van der Waals surface area contributed by atoms with Crippen LogP contribution >= 0.6 is 11.3 Å². The maximum absolute atomic E-state index is 12.1. The van der Waals surface area contributed by atoms with Gasteiger partial charge in [-0.15, -0.1) is 0 Å². The fraction of sp³-hybridized carbons (Fsp3) is 0.412. The van der Waals surface area contributed by atoms with Gasteiger partial charge in [-0.3, -0.25) is 4.79 Å². The summed E-state index contributed by atoms with van der Waals surface area (Å²) >= 11 is 1.47. The number of carbonyl (C=O) groups excluding carboxylic acids is 1. The van der Waals surface area contributed by atoms with E-state index in [1.54, 1.807) is 0 Å². The monoisotopic (exact) mass is 330 g/mol. The highest BCUT2D eigenvalue weighted by molar-refractivity contribution is 7.22. The summed E-state index contributed by atoms with van der Waals surface area (Å²) < 4.78 is 12.4. The van der Waals surface area contributed by atoms with E-state index in [4.69, 9.17) is 9.47 Å². The van der Waals surface area contributed by atoms with Gasteiger partial charge in [0.2, 0.25) is 5.91 Å². The van der Waals surface area contributed by atoms with Crippen LogP contribution in [0.1, 0.15) is 25.7 Å². The summed E-state index contributed by atoms with van der Waals surface area (Å²) in [5.74, 6) is 1.87. The zero-order chi connectivity index (χ0) is 15.6. The Bertz CT molecular complexity index is 726. The van der Waals surface area contributed by atoms with Gasteiger partial charge in [0, 0.05) is 25.0 Å². The molecule has 0 fully saturated rings. The Morgan fingerprint density at radius 3 is 2.91 bits per heavy atom. The van der Waals surface area contributed by atoms with E-state index in [2.05, 4.69) is 22.5 Å². The lowest BCUT2D eigenvalue weighted by molar-refractivity contribution is -0.116. The number of benzene rings is 1. The van der Waals surface area contributed by atoms with Gasteiger partial charge >= 0.3 is 0 Å². The first-order valence-corrected chi connectivity index (χ1v) is 8.76. The minimum Gasteiger partial charge on any atom is -0.490 e. The number of fused-ring (bicyclic) bond motifs is 2. The Balaban J connectivity index is 1.52. The highest BCUT2D eigenvalue weighted by Crippen LogP contribution is 2.37. The third kappa shape index (κ3) is 3.17. The van der Waals surface area contributed by atoms with Crippen LogP contribution in [0.3, 0.4) is 0 Å². The number of thiazole rings is 1. The predicted molar refractivity (Wildman–Crippen MR) is 90.3 cm³/mol. The number of nitrogens with one attached hydrogen (secondary N) is 1. The topological polar surface area (TPSA) is 60.5 Å². The van der Waals surface area contributed by atoms with Crippen molar-refractivity contribution < 1.29 is 14.3 Å². The van der Waals surface area contributed by atoms with Crippen LogP contribution in [0.4, 0.5) is 5.13 Å². The van der Waals surface area contributed by atoms with Crippen LogP contribution in [-0.4, -0.2) is 24.1 Å². The first kappa shape index (κ1) is 14.5.